The third-order valence-corrected chi connectivity index (χ3v) is 2.71. The minimum absolute atomic E-state index is 0.139. The topological polar surface area (TPSA) is 78.8 Å². The summed E-state index contributed by atoms with van der Waals surface area (Å²) in [7, 11) is 0. The molecule has 0 fully saturated rings. The zero-order chi connectivity index (χ0) is 14.3. The number of amides is 1. The molecule has 5 heteroatoms. The number of aliphatic hydroxyl groups is 2. The van der Waals surface area contributed by atoms with E-state index in [4.69, 9.17) is 14.9 Å². The summed E-state index contributed by atoms with van der Waals surface area (Å²) >= 11 is 0. The first-order chi connectivity index (χ1) is 9.08. The Morgan fingerprint density at radius 1 is 1.26 bits per heavy atom. The normalized spacial score (nSPS) is 10.8. The van der Waals surface area contributed by atoms with Gasteiger partial charge in [0.05, 0.1) is 19.3 Å². The summed E-state index contributed by atoms with van der Waals surface area (Å²) in [5.74, 6) is 0.616. The quantitative estimate of drug-likeness (QED) is 0.678. The van der Waals surface area contributed by atoms with E-state index in [9.17, 15) is 4.79 Å². The molecule has 19 heavy (non-hydrogen) atoms. The number of rotatable bonds is 7. The molecule has 0 atom stereocenters. The summed E-state index contributed by atoms with van der Waals surface area (Å²) in [6.45, 7) is 3.36. The zero-order valence-electron chi connectivity index (χ0n) is 11.3. The lowest BCUT2D eigenvalue weighted by Crippen LogP contribution is -2.42. The molecule has 106 valence electrons. The van der Waals surface area contributed by atoms with Gasteiger partial charge in [0.25, 0.3) is 5.91 Å². The molecule has 0 radical (unpaired) electrons. The van der Waals surface area contributed by atoms with E-state index >= 15 is 0 Å². The summed E-state index contributed by atoms with van der Waals surface area (Å²) in [5, 5.41) is 20.2. The van der Waals surface area contributed by atoms with Crippen LogP contribution in [0.15, 0.2) is 24.3 Å². The fourth-order valence-corrected chi connectivity index (χ4v) is 1.65. The smallest absolute Gasteiger partial charge is 0.258 e. The standard InChI is InChI=1S/C14H21NO4/c1-10(2)12-5-3-4-6-13(12)19-9-14(18)15-11(7-16)8-17/h3-6,10-11,16-17H,7-9H2,1-2H3,(H,15,18). The molecule has 0 saturated carbocycles. The molecule has 3 N–H and O–H groups in total. The van der Waals surface area contributed by atoms with Gasteiger partial charge in [-0.3, -0.25) is 4.79 Å². The maximum Gasteiger partial charge on any atom is 0.258 e. The monoisotopic (exact) mass is 267 g/mol. The number of ether oxygens (including phenoxy) is 1. The lowest BCUT2D eigenvalue weighted by atomic mass is 10.0. The highest BCUT2D eigenvalue weighted by atomic mass is 16.5. The van der Waals surface area contributed by atoms with Crippen molar-refractivity contribution in [3.05, 3.63) is 29.8 Å². The van der Waals surface area contributed by atoms with Crippen molar-refractivity contribution in [1.82, 2.24) is 5.32 Å². The van der Waals surface area contributed by atoms with E-state index in [1.807, 2.05) is 24.3 Å². The van der Waals surface area contributed by atoms with E-state index < -0.39 is 6.04 Å². The van der Waals surface area contributed by atoms with Crippen LogP contribution in [0.5, 0.6) is 5.75 Å². The van der Waals surface area contributed by atoms with E-state index in [0.29, 0.717) is 11.7 Å². The van der Waals surface area contributed by atoms with E-state index in [0.717, 1.165) is 5.56 Å². The maximum absolute atomic E-state index is 11.6. The molecule has 1 aromatic rings. The lowest BCUT2D eigenvalue weighted by molar-refractivity contribution is -0.124. The van der Waals surface area contributed by atoms with Crippen LogP contribution in [0.25, 0.3) is 0 Å². The average molecular weight is 267 g/mol. The average Bonchev–Trinajstić information content (AvgIpc) is 2.42. The fraction of sp³-hybridized carbons (Fsp3) is 0.500. The second-order valence-electron chi connectivity index (χ2n) is 4.61. The Hall–Kier alpha value is -1.59. The van der Waals surface area contributed by atoms with E-state index in [1.54, 1.807) is 0 Å². The minimum Gasteiger partial charge on any atom is -0.483 e. The lowest BCUT2D eigenvalue weighted by Gasteiger charge is -2.16. The predicted octanol–water partition coefficient (Wildman–Crippen LogP) is 0.658. The molecule has 1 amide bonds. The number of carbonyl (C=O) groups is 1. The number of benzene rings is 1. The Morgan fingerprint density at radius 2 is 1.89 bits per heavy atom. The van der Waals surface area contributed by atoms with Gasteiger partial charge in [0.15, 0.2) is 6.61 Å². The van der Waals surface area contributed by atoms with Crippen molar-refractivity contribution in [3.63, 3.8) is 0 Å². The molecule has 0 heterocycles. The fourth-order valence-electron chi connectivity index (χ4n) is 1.65. The van der Waals surface area contributed by atoms with Gasteiger partial charge in [-0.05, 0) is 17.5 Å². The molecule has 0 aliphatic rings. The van der Waals surface area contributed by atoms with Crippen molar-refractivity contribution in [2.45, 2.75) is 25.8 Å². The Morgan fingerprint density at radius 3 is 2.47 bits per heavy atom. The summed E-state index contributed by atoms with van der Waals surface area (Å²) in [6.07, 6.45) is 0. The number of hydrogen-bond acceptors (Lipinski definition) is 4. The number of hydrogen-bond donors (Lipinski definition) is 3. The van der Waals surface area contributed by atoms with Gasteiger partial charge in [-0.2, -0.15) is 0 Å². The van der Waals surface area contributed by atoms with Crippen LogP contribution in [0.3, 0.4) is 0 Å². The molecule has 0 spiro atoms. The van der Waals surface area contributed by atoms with Crippen LogP contribution in [0.1, 0.15) is 25.3 Å². The highest BCUT2D eigenvalue weighted by molar-refractivity contribution is 5.77. The summed E-state index contributed by atoms with van der Waals surface area (Å²) < 4.78 is 5.47. The molecular weight excluding hydrogens is 246 g/mol. The number of carbonyl (C=O) groups excluding carboxylic acids is 1. The Kier molecular flexibility index (Phi) is 6.32. The highest BCUT2D eigenvalue weighted by Crippen LogP contribution is 2.25. The third-order valence-electron chi connectivity index (χ3n) is 2.71. The van der Waals surface area contributed by atoms with Crippen molar-refractivity contribution in [1.29, 1.82) is 0 Å². The Bertz CT molecular complexity index is 402. The van der Waals surface area contributed by atoms with Gasteiger partial charge < -0.3 is 20.3 Å². The third kappa shape index (κ3) is 4.89. The van der Waals surface area contributed by atoms with Crippen LogP contribution in [-0.2, 0) is 4.79 Å². The second kappa shape index (κ2) is 7.76. The van der Waals surface area contributed by atoms with Crippen molar-refractivity contribution >= 4 is 5.91 Å². The first kappa shape index (κ1) is 15.5. The van der Waals surface area contributed by atoms with Gasteiger partial charge >= 0.3 is 0 Å². The first-order valence-electron chi connectivity index (χ1n) is 6.31. The molecule has 1 aromatic carbocycles. The van der Waals surface area contributed by atoms with Gasteiger partial charge in [-0.1, -0.05) is 32.0 Å². The van der Waals surface area contributed by atoms with Crippen molar-refractivity contribution < 1.29 is 19.7 Å². The minimum atomic E-state index is -0.642. The van der Waals surface area contributed by atoms with Gasteiger partial charge in [0.2, 0.25) is 0 Å². The van der Waals surface area contributed by atoms with Gasteiger partial charge in [0, 0.05) is 0 Å². The summed E-state index contributed by atoms with van der Waals surface area (Å²) in [4.78, 5) is 11.6. The Balaban J connectivity index is 2.55. The van der Waals surface area contributed by atoms with Crippen LogP contribution < -0.4 is 10.1 Å². The largest absolute Gasteiger partial charge is 0.483 e. The van der Waals surface area contributed by atoms with E-state index in [2.05, 4.69) is 19.2 Å². The van der Waals surface area contributed by atoms with Crippen molar-refractivity contribution in [2.75, 3.05) is 19.8 Å². The van der Waals surface area contributed by atoms with Crippen LogP contribution in [0, 0.1) is 0 Å². The molecule has 1 rings (SSSR count). The molecule has 0 aliphatic carbocycles. The molecule has 0 bridgehead atoms. The van der Waals surface area contributed by atoms with E-state index in [1.165, 1.54) is 0 Å². The van der Waals surface area contributed by atoms with Gasteiger partial charge in [-0.25, -0.2) is 0 Å². The van der Waals surface area contributed by atoms with Crippen molar-refractivity contribution in [2.24, 2.45) is 0 Å². The van der Waals surface area contributed by atoms with Crippen molar-refractivity contribution in [3.8, 4) is 5.75 Å². The number of aliphatic hydroxyl groups excluding tert-OH is 2. The van der Waals surface area contributed by atoms with Crippen LogP contribution in [-0.4, -0.2) is 42.0 Å². The van der Waals surface area contributed by atoms with Crippen LogP contribution in [0.2, 0.25) is 0 Å². The molecule has 5 nitrogen and oxygen atoms in total. The highest BCUT2D eigenvalue weighted by Gasteiger charge is 2.12. The van der Waals surface area contributed by atoms with Gasteiger partial charge in [-0.15, -0.1) is 0 Å². The van der Waals surface area contributed by atoms with E-state index in [-0.39, 0.29) is 25.7 Å². The van der Waals surface area contributed by atoms with Crippen LogP contribution >= 0.6 is 0 Å². The molecule has 0 aliphatic heterocycles. The molecular formula is C14H21NO4. The Labute approximate surface area is 113 Å². The summed E-state index contributed by atoms with van der Waals surface area (Å²) in [6, 6.07) is 6.91. The predicted molar refractivity (Wildman–Crippen MR) is 72.1 cm³/mol. The number of nitrogens with one attached hydrogen (secondary N) is 1. The first-order valence-corrected chi connectivity index (χ1v) is 6.31. The zero-order valence-corrected chi connectivity index (χ0v) is 11.3. The second-order valence-corrected chi connectivity index (χ2v) is 4.61. The molecule has 0 unspecified atom stereocenters. The number of para-hydroxylation sites is 1. The van der Waals surface area contributed by atoms with Crippen LogP contribution in [0.4, 0.5) is 0 Å². The van der Waals surface area contributed by atoms with Gasteiger partial charge in [0.1, 0.15) is 5.75 Å². The maximum atomic E-state index is 11.6. The SMILES string of the molecule is CC(C)c1ccccc1OCC(=O)NC(CO)CO. The molecule has 0 saturated heterocycles. The summed E-state index contributed by atoms with van der Waals surface area (Å²) in [5.41, 5.74) is 1.04. The molecule has 0 aromatic heterocycles.